The van der Waals surface area contributed by atoms with Crippen LogP contribution in [0.3, 0.4) is 0 Å². The molecule has 130 valence electrons. The molecule has 2 atom stereocenters. The normalized spacial score (nSPS) is 25.2. The van der Waals surface area contributed by atoms with Crippen LogP contribution in [0.1, 0.15) is 76.2 Å². The Balaban J connectivity index is 2.20. The van der Waals surface area contributed by atoms with E-state index >= 15 is 0 Å². The molecule has 0 heterocycles. The summed E-state index contributed by atoms with van der Waals surface area (Å²) in [4.78, 5) is 12.2. The minimum absolute atomic E-state index is 0.0257. The van der Waals surface area contributed by atoms with Gasteiger partial charge < -0.3 is 9.84 Å². The Labute approximate surface area is 144 Å². The van der Waals surface area contributed by atoms with Crippen LogP contribution in [-0.4, -0.2) is 17.5 Å². The van der Waals surface area contributed by atoms with Gasteiger partial charge in [-0.2, -0.15) is 0 Å². The van der Waals surface area contributed by atoms with Crippen molar-refractivity contribution in [3.63, 3.8) is 0 Å². The fraction of sp³-hybridized carbons (Fsp3) is 0.571. The molecule has 0 saturated carbocycles. The standard InChI is InChI=1S/C21H28O3/c1-6-24-20-10-18-16(7-13(22)11-21(18,4)5)15-9-19(23)14(12(2)3)8-17(15)20/h7-9,12,18,20,23H,6,10-11H2,1-5H3. The van der Waals surface area contributed by atoms with E-state index in [0.717, 1.165) is 28.7 Å². The van der Waals surface area contributed by atoms with E-state index in [-0.39, 0.29) is 29.1 Å². The van der Waals surface area contributed by atoms with Crippen LogP contribution in [0.15, 0.2) is 18.2 Å². The molecule has 0 radical (unpaired) electrons. The first kappa shape index (κ1) is 17.2. The van der Waals surface area contributed by atoms with Gasteiger partial charge in [0, 0.05) is 13.0 Å². The number of benzene rings is 1. The maximum atomic E-state index is 12.2. The molecule has 1 N–H and O–H groups in total. The number of hydrogen-bond donors (Lipinski definition) is 1. The van der Waals surface area contributed by atoms with Crippen molar-refractivity contribution in [1.29, 1.82) is 0 Å². The third kappa shape index (κ3) is 2.79. The van der Waals surface area contributed by atoms with Crippen LogP contribution in [0, 0.1) is 11.3 Å². The molecule has 0 spiro atoms. The molecular formula is C21H28O3. The lowest BCUT2D eigenvalue weighted by molar-refractivity contribution is -0.117. The number of phenols is 1. The van der Waals surface area contributed by atoms with Crippen LogP contribution in [-0.2, 0) is 9.53 Å². The molecule has 2 aliphatic rings. The second kappa shape index (κ2) is 6.03. The summed E-state index contributed by atoms with van der Waals surface area (Å²) in [6.45, 7) is 11.2. The first-order valence-corrected chi connectivity index (χ1v) is 8.97. The number of hydrogen-bond acceptors (Lipinski definition) is 3. The molecule has 3 rings (SSSR count). The number of phenolic OH excluding ortho intramolecular Hbond substituents is 1. The van der Waals surface area contributed by atoms with E-state index in [4.69, 9.17) is 4.74 Å². The molecule has 0 aliphatic heterocycles. The molecular weight excluding hydrogens is 300 g/mol. The number of aromatic hydroxyl groups is 1. The zero-order valence-electron chi connectivity index (χ0n) is 15.3. The maximum absolute atomic E-state index is 12.2. The van der Waals surface area contributed by atoms with Gasteiger partial charge in [0.05, 0.1) is 6.10 Å². The molecule has 0 saturated heterocycles. The lowest BCUT2D eigenvalue weighted by Gasteiger charge is -2.44. The molecule has 0 aromatic heterocycles. The monoisotopic (exact) mass is 328 g/mol. The molecule has 2 aliphatic carbocycles. The summed E-state index contributed by atoms with van der Waals surface area (Å²) in [6, 6.07) is 3.93. The van der Waals surface area contributed by atoms with Crippen LogP contribution in [0.5, 0.6) is 5.75 Å². The molecule has 0 bridgehead atoms. The molecule has 3 nitrogen and oxygen atoms in total. The summed E-state index contributed by atoms with van der Waals surface area (Å²) in [5.41, 5.74) is 4.05. The highest BCUT2D eigenvalue weighted by Crippen LogP contribution is 2.54. The Morgan fingerprint density at radius 2 is 2.04 bits per heavy atom. The van der Waals surface area contributed by atoms with Crippen LogP contribution in [0.25, 0.3) is 5.57 Å². The van der Waals surface area contributed by atoms with Gasteiger partial charge in [0.15, 0.2) is 5.78 Å². The van der Waals surface area contributed by atoms with Crippen molar-refractivity contribution in [2.75, 3.05) is 6.61 Å². The van der Waals surface area contributed by atoms with Gasteiger partial charge in [-0.25, -0.2) is 0 Å². The smallest absolute Gasteiger partial charge is 0.156 e. The van der Waals surface area contributed by atoms with Gasteiger partial charge >= 0.3 is 0 Å². The Kier molecular flexibility index (Phi) is 4.33. The quantitative estimate of drug-likeness (QED) is 0.849. The minimum Gasteiger partial charge on any atom is -0.508 e. The fourth-order valence-corrected chi connectivity index (χ4v) is 4.33. The fourth-order valence-electron chi connectivity index (χ4n) is 4.33. The second-order valence-electron chi connectivity index (χ2n) is 8.12. The molecule has 0 amide bonds. The maximum Gasteiger partial charge on any atom is 0.156 e. The Bertz CT molecular complexity index is 697. The van der Waals surface area contributed by atoms with Gasteiger partial charge in [-0.05, 0) is 71.1 Å². The van der Waals surface area contributed by atoms with Gasteiger partial charge in [0.25, 0.3) is 0 Å². The first-order valence-electron chi connectivity index (χ1n) is 8.97. The van der Waals surface area contributed by atoms with E-state index in [1.54, 1.807) is 6.08 Å². The summed E-state index contributed by atoms with van der Waals surface area (Å²) in [6.07, 6.45) is 3.30. The zero-order chi connectivity index (χ0) is 17.6. The van der Waals surface area contributed by atoms with E-state index in [9.17, 15) is 9.90 Å². The predicted molar refractivity (Wildman–Crippen MR) is 96.1 cm³/mol. The number of rotatable bonds is 3. The molecule has 3 heteroatoms. The van der Waals surface area contributed by atoms with Gasteiger partial charge in [0.1, 0.15) is 5.75 Å². The van der Waals surface area contributed by atoms with E-state index in [2.05, 4.69) is 33.8 Å². The molecule has 0 fully saturated rings. The lowest BCUT2D eigenvalue weighted by Crippen LogP contribution is -2.36. The van der Waals surface area contributed by atoms with Crippen molar-refractivity contribution in [1.82, 2.24) is 0 Å². The summed E-state index contributed by atoms with van der Waals surface area (Å²) in [7, 11) is 0. The lowest BCUT2D eigenvalue weighted by atomic mass is 9.61. The van der Waals surface area contributed by atoms with Gasteiger partial charge in [-0.15, -0.1) is 0 Å². The van der Waals surface area contributed by atoms with Crippen molar-refractivity contribution in [3.05, 3.63) is 34.9 Å². The van der Waals surface area contributed by atoms with Gasteiger partial charge in [-0.1, -0.05) is 27.7 Å². The van der Waals surface area contributed by atoms with Crippen LogP contribution in [0.4, 0.5) is 0 Å². The third-order valence-electron chi connectivity index (χ3n) is 5.56. The Hall–Kier alpha value is -1.61. The van der Waals surface area contributed by atoms with E-state index < -0.39 is 0 Å². The number of allylic oxidation sites excluding steroid dienone is 2. The second-order valence-corrected chi connectivity index (χ2v) is 8.12. The number of ether oxygens (including phenoxy) is 1. The van der Waals surface area contributed by atoms with Crippen molar-refractivity contribution in [3.8, 4) is 5.75 Å². The number of ketones is 1. The predicted octanol–water partition coefficient (Wildman–Crippen LogP) is 5.00. The third-order valence-corrected chi connectivity index (χ3v) is 5.56. The summed E-state index contributed by atoms with van der Waals surface area (Å²) in [5, 5.41) is 10.5. The highest BCUT2D eigenvalue weighted by molar-refractivity contribution is 6.00. The van der Waals surface area contributed by atoms with Crippen molar-refractivity contribution in [2.45, 2.75) is 59.5 Å². The summed E-state index contributed by atoms with van der Waals surface area (Å²) >= 11 is 0. The largest absolute Gasteiger partial charge is 0.508 e. The Morgan fingerprint density at radius 3 is 2.67 bits per heavy atom. The average Bonchev–Trinajstić information content (AvgIpc) is 2.47. The molecule has 1 aromatic carbocycles. The summed E-state index contributed by atoms with van der Waals surface area (Å²) < 4.78 is 6.06. The van der Waals surface area contributed by atoms with E-state index in [0.29, 0.717) is 18.8 Å². The first-order chi connectivity index (χ1) is 11.2. The highest BCUT2D eigenvalue weighted by Gasteiger charge is 2.43. The molecule has 2 unspecified atom stereocenters. The van der Waals surface area contributed by atoms with E-state index in [1.807, 2.05) is 13.0 Å². The van der Waals surface area contributed by atoms with E-state index in [1.165, 1.54) is 0 Å². The topological polar surface area (TPSA) is 46.5 Å². The van der Waals surface area contributed by atoms with Crippen LogP contribution in [0.2, 0.25) is 0 Å². The zero-order valence-corrected chi connectivity index (χ0v) is 15.3. The SMILES string of the molecule is CCOC1CC2C(=CC(=O)CC2(C)C)c2cc(O)c(C(C)C)cc21. The summed E-state index contributed by atoms with van der Waals surface area (Å²) in [5.74, 6) is 1.02. The van der Waals surface area contributed by atoms with Gasteiger partial charge in [-0.3, -0.25) is 4.79 Å². The number of carbonyl (C=O) groups is 1. The number of carbonyl (C=O) groups excluding carboxylic acids is 1. The molecule has 24 heavy (non-hydrogen) atoms. The molecule has 1 aromatic rings. The van der Waals surface area contributed by atoms with Crippen molar-refractivity contribution in [2.24, 2.45) is 11.3 Å². The van der Waals surface area contributed by atoms with Crippen molar-refractivity contribution < 1.29 is 14.6 Å². The average molecular weight is 328 g/mol. The van der Waals surface area contributed by atoms with Gasteiger partial charge in [0.2, 0.25) is 0 Å². The van der Waals surface area contributed by atoms with Crippen molar-refractivity contribution >= 4 is 11.4 Å². The number of fused-ring (bicyclic) bond motifs is 3. The van der Waals surface area contributed by atoms with Crippen LogP contribution >= 0.6 is 0 Å². The highest BCUT2D eigenvalue weighted by atomic mass is 16.5. The Morgan fingerprint density at radius 1 is 1.33 bits per heavy atom. The van der Waals surface area contributed by atoms with Crippen LogP contribution < -0.4 is 0 Å². The minimum atomic E-state index is -0.0828.